The van der Waals surface area contributed by atoms with E-state index in [1.807, 2.05) is 20.8 Å². The van der Waals surface area contributed by atoms with Crippen LogP contribution >= 0.6 is 0 Å². The average Bonchev–Trinajstić information content (AvgIpc) is 1.96. The van der Waals surface area contributed by atoms with E-state index in [4.69, 9.17) is 5.73 Å². The molecular weight excluding hydrogens is 168 g/mol. The summed E-state index contributed by atoms with van der Waals surface area (Å²) in [6.07, 6.45) is 1.33. The summed E-state index contributed by atoms with van der Waals surface area (Å²) in [5, 5.41) is 3.03. The summed E-state index contributed by atoms with van der Waals surface area (Å²) in [4.78, 5) is 17.4. The van der Waals surface area contributed by atoms with E-state index in [2.05, 4.69) is 15.3 Å². The third-order valence-electron chi connectivity index (χ3n) is 1.38. The molecule has 0 aliphatic rings. The smallest absolute Gasteiger partial charge is 0.276 e. The van der Waals surface area contributed by atoms with Gasteiger partial charge in [0.2, 0.25) is 0 Å². The molecule has 1 aromatic rings. The van der Waals surface area contributed by atoms with Gasteiger partial charge in [-0.05, 0) is 20.8 Å². The van der Waals surface area contributed by atoms with Gasteiger partial charge in [0.15, 0.2) is 5.82 Å². The highest BCUT2D eigenvalue weighted by Gasteiger charge is 2.13. The third-order valence-corrected chi connectivity index (χ3v) is 1.38. The van der Waals surface area contributed by atoms with Gasteiger partial charge in [0.05, 0.1) is 6.33 Å². The first-order chi connectivity index (χ1) is 5.90. The van der Waals surface area contributed by atoms with Crippen LogP contribution in [0.4, 0.5) is 11.5 Å². The first kappa shape index (κ1) is 9.57. The van der Waals surface area contributed by atoms with Crippen molar-refractivity contribution in [2.45, 2.75) is 26.3 Å². The number of aromatic nitrogens is 2. The summed E-state index contributed by atoms with van der Waals surface area (Å²) in [7, 11) is 0. The molecular formula is C8H14N4O. The van der Waals surface area contributed by atoms with Crippen molar-refractivity contribution in [1.29, 1.82) is 0 Å². The van der Waals surface area contributed by atoms with Gasteiger partial charge in [0.1, 0.15) is 5.69 Å². The van der Waals surface area contributed by atoms with Crippen molar-refractivity contribution in [2.75, 3.05) is 11.1 Å². The Kier molecular flexibility index (Phi) is 2.27. The van der Waals surface area contributed by atoms with Crippen molar-refractivity contribution in [3.05, 3.63) is 16.7 Å². The van der Waals surface area contributed by atoms with Crippen LogP contribution in [-0.4, -0.2) is 15.5 Å². The number of aromatic amines is 1. The molecule has 0 saturated carbocycles. The fourth-order valence-corrected chi connectivity index (χ4v) is 0.865. The molecule has 1 rings (SSSR count). The maximum Gasteiger partial charge on any atom is 0.276 e. The van der Waals surface area contributed by atoms with E-state index in [1.165, 1.54) is 6.33 Å². The Labute approximate surface area is 76.4 Å². The summed E-state index contributed by atoms with van der Waals surface area (Å²) in [5.74, 6) is 0.427. The lowest BCUT2D eigenvalue weighted by Gasteiger charge is -2.21. The number of nitrogens with two attached hydrogens (primary N) is 1. The molecule has 0 fully saturated rings. The molecule has 0 amide bonds. The van der Waals surface area contributed by atoms with Gasteiger partial charge in [-0.3, -0.25) is 4.79 Å². The minimum atomic E-state index is -0.318. The molecule has 13 heavy (non-hydrogen) atoms. The van der Waals surface area contributed by atoms with Crippen LogP contribution in [0.25, 0.3) is 0 Å². The summed E-state index contributed by atoms with van der Waals surface area (Å²) < 4.78 is 0. The highest BCUT2D eigenvalue weighted by molar-refractivity contribution is 5.59. The van der Waals surface area contributed by atoms with Crippen molar-refractivity contribution in [2.24, 2.45) is 0 Å². The maximum absolute atomic E-state index is 11.1. The largest absolute Gasteiger partial charge is 0.391 e. The average molecular weight is 182 g/mol. The summed E-state index contributed by atoms with van der Waals surface area (Å²) in [6, 6.07) is 0. The second-order valence-corrected chi connectivity index (χ2v) is 3.87. The number of nitrogens with one attached hydrogen (secondary N) is 2. The lowest BCUT2D eigenvalue weighted by Crippen LogP contribution is -2.29. The molecule has 5 heteroatoms. The Morgan fingerprint density at radius 2 is 2.15 bits per heavy atom. The fourth-order valence-electron chi connectivity index (χ4n) is 0.865. The van der Waals surface area contributed by atoms with Gasteiger partial charge in [-0.1, -0.05) is 0 Å². The van der Waals surface area contributed by atoms with Crippen molar-refractivity contribution in [1.82, 2.24) is 9.97 Å². The van der Waals surface area contributed by atoms with E-state index in [1.54, 1.807) is 0 Å². The first-order valence-corrected chi connectivity index (χ1v) is 4.01. The molecule has 0 aromatic carbocycles. The molecule has 0 saturated heterocycles. The number of anilines is 2. The number of hydrogen-bond donors (Lipinski definition) is 3. The molecule has 0 spiro atoms. The molecule has 5 nitrogen and oxygen atoms in total. The van der Waals surface area contributed by atoms with Crippen molar-refractivity contribution >= 4 is 11.5 Å². The number of hydrogen-bond acceptors (Lipinski definition) is 4. The highest BCUT2D eigenvalue weighted by Crippen LogP contribution is 2.14. The fraction of sp³-hybridized carbons (Fsp3) is 0.500. The van der Waals surface area contributed by atoms with Gasteiger partial charge >= 0.3 is 0 Å². The molecule has 0 aliphatic heterocycles. The lowest BCUT2D eigenvalue weighted by molar-refractivity contribution is 0.630. The second-order valence-electron chi connectivity index (χ2n) is 3.87. The van der Waals surface area contributed by atoms with Gasteiger partial charge in [0.25, 0.3) is 5.56 Å². The predicted octanol–water partition coefficient (Wildman–Crippen LogP) is 0.562. The lowest BCUT2D eigenvalue weighted by atomic mass is 10.1. The van der Waals surface area contributed by atoms with Gasteiger partial charge < -0.3 is 16.0 Å². The molecule has 0 bridgehead atoms. The molecule has 0 unspecified atom stereocenters. The Bertz CT molecular complexity index is 350. The number of H-pyrrole nitrogens is 1. The van der Waals surface area contributed by atoms with Crippen LogP contribution in [0.15, 0.2) is 11.1 Å². The number of nitrogens with zero attached hydrogens (tertiary/aromatic N) is 1. The normalized spacial score (nSPS) is 11.3. The molecule has 1 aromatic heterocycles. The topological polar surface area (TPSA) is 83.8 Å². The minimum Gasteiger partial charge on any atom is -0.391 e. The zero-order chi connectivity index (χ0) is 10.1. The SMILES string of the molecule is CC(C)(C)Nc1nc[nH]c(=O)c1N. The summed E-state index contributed by atoms with van der Waals surface area (Å²) in [5.41, 5.74) is 5.17. The monoisotopic (exact) mass is 182 g/mol. The Morgan fingerprint density at radius 3 is 2.69 bits per heavy atom. The van der Waals surface area contributed by atoms with Crippen LogP contribution < -0.4 is 16.6 Å². The number of rotatable bonds is 1. The van der Waals surface area contributed by atoms with Crippen LogP contribution in [-0.2, 0) is 0 Å². The molecule has 72 valence electrons. The summed E-state index contributed by atoms with van der Waals surface area (Å²) >= 11 is 0. The molecule has 1 heterocycles. The van der Waals surface area contributed by atoms with Gasteiger partial charge in [-0.15, -0.1) is 0 Å². The molecule has 0 aliphatic carbocycles. The summed E-state index contributed by atoms with van der Waals surface area (Å²) in [6.45, 7) is 5.90. The van der Waals surface area contributed by atoms with Gasteiger partial charge in [-0.2, -0.15) is 0 Å². The third kappa shape index (κ3) is 2.47. The van der Waals surface area contributed by atoms with Gasteiger partial charge in [0, 0.05) is 5.54 Å². The first-order valence-electron chi connectivity index (χ1n) is 4.01. The van der Waals surface area contributed by atoms with Crippen LogP contribution in [0.5, 0.6) is 0 Å². The van der Waals surface area contributed by atoms with Crippen molar-refractivity contribution in [3.63, 3.8) is 0 Å². The standard InChI is InChI=1S/C8H14N4O/c1-8(2,3)12-6-5(9)7(13)11-4-10-6/h4H,9H2,1-3H3,(H2,10,11,12,13). The quantitative estimate of drug-likeness (QED) is 0.592. The molecule has 4 N–H and O–H groups in total. The molecule has 0 radical (unpaired) electrons. The van der Waals surface area contributed by atoms with E-state index in [0.29, 0.717) is 5.82 Å². The number of nitrogen functional groups attached to an aromatic ring is 1. The predicted molar refractivity (Wildman–Crippen MR) is 52.6 cm³/mol. The molecule has 0 atom stereocenters. The Morgan fingerprint density at radius 1 is 1.54 bits per heavy atom. The zero-order valence-electron chi connectivity index (χ0n) is 8.01. The van der Waals surface area contributed by atoms with E-state index in [-0.39, 0.29) is 16.8 Å². The van der Waals surface area contributed by atoms with Gasteiger partial charge in [-0.25, -0.2) is 4.98 Å². The van der Waals surface area contributed by atoms with Crippen molar-refractivity contribution in [3.8, 4) is 0 Å². The van der Waals surface area contributed by atoms with Crippen molar-refractivity contribution < 1.29 is 0 Å². The Balaban J connectivity index is 3.03. The minimum absolute atomic E-state index is 0.123. The maximum atomic E-state index is 11.1. The second kappa shape index (κ2) is 3.08. The van der Waals surface area contributed by atoms with Crippen LogP contribution in [0.2, 0.25) is 0 Å². The van der Waals surface area contributed by atoms with E-state index < -0.39 is 0 Å². The van der Waals surface area contributed by atoms with Crippen LogP contribution in [0, 0.1) is 0 Å². The zero-order valence-corrected chi connectivity index (χ0v) is 8.01. The van der Waals surface area contributed by atoms with Crippen LogP contribution in [0.1, 0.15) is 20.8 Å². The van der Waals surface area contributed by atoms with Crippen LogP contribution in [0.3, 0.4) is 0 Å². The van der Waals surface area contributed by atoms with E-state index in [0.717, 1.165) is 0 Å². The van der Waals surface area contributed by atoms with E-state index >= 15 is 0 Å². The van der Waals surface area contributed by atoms with E-state index in [9.17, 15) is 4.79 Å². The highest BCUT2D eigenvalue weighted by atomic mass is 16.1. The Hall–Kier alpha value is -1.52.